The molecule has 1 amide bonds. The summed E-state index contributed by atoms with van der Waals surface area (Å²) >= 11 is 1.52. The molecular weight excluding hydrogens is 401 g/mol. The van der Waals surface area contributed by atoms with Crippen molar-refractivity contribution >= 4 is 23.2 Å². The quantitative estimate of drug-likeness (QED) is 0.796. The number of piperidine rings is 1. The van der Waals surface area contributed by atoms with E-state index in [1.807, 2.05) is 18.9 Å². The van der Waals surface area contributed by atoms with Crippen LogP contribution in [0, 0.1) is 12.7 Å². The van der Waals surface area contributed by atoms with Crippen molar-refractivity contribution in [1.82, 2.24) is 19.8 Å². The molecule has 2 aromatic rings. The van der Waals surface area contributed by atoms with Crippen LogP contribution in [0.5, 0.6) is 0 Å². The van der Waals surface area contributed by atoms with Gasteiger partial charge in [0.25, 0.3) is 5.91 Å². The number of thiophene rings is 1. The topological polar surface area (TPSA) is 61.4 Å². The molecule has 0 atom stereocenters. The van der Waals surface area contributed by atoms with Gasteiger partial charge in [-0.3, -0.25) is 4.79 Å². The molecule has 2 aromatic heterocycles. The van der Waals surface area contributed by atoms with Crippen LogP contribution in [-0.2, 0) is 5.54 Å². The summed E-state index contributed by atoms with van der Waals surface area (Å²) in [4.78, 5) is 27.7. The SMILES string of the molecule is CCN1CCC(C)(Nc2ncc(F)c(-c3sc4c(c3C)C(=O)N(C)C43CC3)n2)CC1. The number of hydrogen-bond donors (Lipinski definition) is 1. The number of carbonyl (C=O) groups excluding carboxylic acids is 1. The summed E-state index contributed by atoms with van der Waals surface area (Å²) in [7, 11) is 1.87. The molecule has 0 aromatic carbocycles. The molecule has 30 heavy (non-hydrogen) atoms. The summed E-state index contributed by atoms with van der Waals surface area (Å²) in [6.45, 7) is 9.40. The van der Waals surface area contributed by atoms with Gasteiger partial charge in [0.1, 0.15) is 5.69 Å². The van der Waals surface area contributed by atoms with Crippen molar-refractivity contribution in [2.24, 2.45) is 0 Å². The van der Waals surface area contributed by atoms with Crippen molar-refractivity contribution in [3.05, 3.63) is 28.0 Å². The van der Waals surface area contributed by atoms with Crippen molar-refractivity contribution in [2.45, 2.75) is 57.5 Å². The number of likely N-dealkylation sites (tertiary alicyclic amines) is 1. The minimum absolute atomic E-state index is 0.0468. The Hall–Kier alpha value is -2.06. The summed E-state index contributed by atoms with van der Waals surface area (Å²) in [6, 6.07) is 0. The van der Waals surface area contributed by atoms with Crippen molar-refractivity contribution in [3.63, 3.8) is 0 Å². The van der Waals surface area contributed by atoms with Crippen molar-refractivity contribution in [3.8, 4) is 10.6 Å². The Labute approximate surface area is 180 Å². The van der Waals surface area contributed by atoms with Crippen molar-refractivity contribution in [2.75, 3.05) is 32.0 Å². The van der Waals surface area contributed by atoms with Crippen LogP contribution >= 0.6 is 11.3 Å². The molecule has 2 fully saturated rings. The van der Waals surface area contributed by atoms with Crippen LogP contribution in [-0.4, -0.2) is 57.9 Å². The van der Waals surface area contributed by atoms with E-state index in [0.717, 1.165) is 66.2 Å². The molecular formula is C22H28FN5OS. The third-order valence-corrected chi connectivity index (χ3v) is 8.73. The standard InChI is InChI=1S/C22H28FN5OS/c1-5-28-10-8-21(3,9-11-28)26-20-24-12-14(23)16(25-20)17-13(2)15-18(30-17)22(6-7-22)27(4)19(15)29/h12H,5-11H2,1-4H3,(H,24,25,26). The van der Waals surface area contributed by atoms with E-state index in [-0.39, 0.29) is 17.0 Å². The zero-order chi connectivity index (χ0) is 21.3. The third kappa shape index (κ3) is 2.87. The van der Waals surface area contributed by atoms with Gasteiger partial charge in [0, 0.05) is 30.6 Å². The predicted octanol–water partition coefficient (Wildman–Crippen LogP) is 4.01. The van der Waals surface area contributed by atoms with Crippen molar-refractivity contribution < 1.29 is 9.18 Å². The van der Waals surface area contributed by atoms with Gasteiger partial charge in [0.15, 0.2) is 5.82 Å². The average Bonchev–Trinajstić information content (AvgIpc) is 3.42. The van der Waals surface area contributed by atoms with E-state index in [2.05, 4.69) is 34.0 Å². The Morgan fingerprint density at radius 3 is 2.60 bits per heavy atom. The first-order valence-electron chi connectivity index (χ1n) is 10.7. The first-order valence-corrected chi connectivity index (χ1v) is 11.5. The molecule has 6 nitrogen and oxygen atoms in total. The number of hydrogen-bond acceptors (Lipinski definition) is 6. The molecule has 4 heterocycles. The minimum Gasteiger partial charge on any atom is -0.349 e. The molecule has 0 bridgehead atoms. The van der Waals surface area contributed by atoms with Gasteiger partial charge < -0.3 is 15.1 Å². The molecule has 1 saturated carbocycles. The molecule has 0 unspecified atom stereocenters. The summed E-state index contributed by atoms with van der Waals surface area (Å²) in [5, 5.41) is 3.47. The number of nitrogens with one attached hydrogen (secondary N) is 1. The van der Waals surface area contributed by atoms with E-state index in [9.17, 15) is 9.18 Å². The zero-order valence-corrected chi connectivity index (χ0v) is 18.8. The second-order valence-electron chi connectivity index (χ2n) is 9.17. The highest BCUT2D eigenvalue weighted by molar-refractivity contribution is 7.16. The normalized spacial score (nSPS) is 21.9. The minimum atomic E-state index is -0.444. The average molecular weight is 430 g/mol. The fraction of sp³-hybridized carbons (Fsp3) is 0.591. The Kier molecular flexibility index (Phi) is 4.45. The van der Waals surface area contributed by atoms with Gasteiger partial charge in [-0.15, -0.1) is 11.3 Å². The van der Waals surface area contributed by atoms with Crippen LogP contribution in [0.2, 0.25) is 0 Å². The molecule has 3 aliphatic rings. The van der Waals surface area contributed by atoms with E-state index in [0.29, 0.717) is 11.6 Å². The Bertz CT molecular complexity index is 1020. The summed E-state index contributed by atoms with van der Waals surface area (Å²) in [5.74, 6) is 0.0575. The maximum absolute atomic E-state index is 14.8. The van der Waals surface area contributed by atoms with E-state index < -0.39 is 5.82 Å². The van der Waals surface area contributed by atoms with Crippen LogP contribution in [0.25, 0.3) is 10.6 Å². The lowest BCUT2D eigenvalue weighted by Crippen LogP contribution is -2.47. The lowest BCUT2D eigenvalue weighted by Gasteiger charge is -2.39. The Balaban J connectivity index is 1.47. The molecule has 160 valence electrons. The van der Waals surface area contributed by atoms with Crippen LogP contribution in [0.3, 0.4) is 0 Å². The first kappa shape index (κ1) is 19.9. The Morgan fingerprint density at radius 1 is 1.27 bits per heavy atom. The number of fused-ring (bicyclic) bond motifs is 2. The monoisotopic (exact) mass is 429 g/mol. The van der Waals surface area contributed by atoms with Crippen LogP contribution in [0.1, 0.15) is 60.3 Å². The van der Waals surface area contributed by atoms with Crippen LogP contribution in [0.4, 0.5) is 10.3 Å². The number of anilines is 1. The van der Waals surface area contributed by atoms with Crippen molar-refractivity contribution in [1.29, 1.82) is 0 Å². The number of halogens is 1. The van der Waals surface area contributed by atoms with Gasteiger partial charge in [-0.2, -0.15) is 0 Å². The summed E-state index contributed by atoms with van der Waals surface area (Å²) in [6.07, 6.45) is 5.20. The van der Waals surface area contributed by atoms with Gasteiger partial charge in [-0.25, -0.2) is 14.4 Å². The number of rotatable bonds is 4. The van der Waals surface area contributed by atoms with E-state index in [1.54, 1.807) is 0 Å². The molecule has 0 radical (unpaired) electrons. The lowest BCUT2D eigenvalue weighted by molar-refractivity contribution is 0.0755. The highest BCUT2D eigenvalue weighted by atomic mass is 32.1. The largest absolute Gasteiger partial charge is 0.349 e. The van der Waals surface area contributed by atoms with E-state index in [1.165, 1.54) is 17.5 Å². The van der Waals surface area contributed by atoms with E-state index in [4.69, 9.17) is 0 Å². The molecule has 1 spiro atoms. The van der Waals surface area contributed by atoms with Gasteiger partial charge in [-0.05, 0) is 51.6 Å². The fourth-order valence-corrected chi connectivity index (χ4v) is 6.44. The highest BCUT2D eigenvalue weighted by Crippen LogP contribution is 2.60. The second kappa shape index (κ2) is 6.72. The lowest BCUT2D eigenvalue weighted by atomic mass is 9.90. The number of aromatic nitrogens is 2. The smallest absolute Gasteiger partial charge is 0.255 e. The van der Waals surface area contributed by atoms with E-state index >= 15 is 0 Å². The summed E-state index contributed by atoms with van der Waals surface area (Å²) < 4.78 is 14.8. The maximum atomic E-state index is 14.8. The molecule has 5 rings (SSSR count). The van der Waals surface area contributed by atoms with Crippen LogP contribution < -0.4 is 5.32 Å². The third-order valence-electron chi connectivity index (χ3n) is 7.23. The first-order chi connectivity index (χ1) is 14.3. The predicted molar refractivity (Wildman–Crippen MR) is 116 cm³/mol. The van der Waals surface area contributed by atoms with Crippen LogP contribution in [0.15, 0.2) is 6.20 Å². The molecule has 8 heteroatoms. The second-order valence-corrected chi connectivity index (χ2v) is 10.2. The van der Waals surface area contributed by atoms with Gasteiger partial charge >= 0.3 is 0 Å². The highest BCUT2D eigenvalue weighted by Gasteiger charge is 2.58. The summed E-state index contributed by atoms with van der Waals surface area (Å²) in [5.41, 5.74) is 1.61. The van der Waals surface area contributed by atoms with Gasteiger partial charge in [0.2, 0.25) is 5.95 Å². The van der Waals surface area contributed by atoms with Gasteiger partial charge in [0.05, 0.1) is 22.2 Å². The Morgan fingerprint density at radius 2 is 1.97 bits per heavy atom. The van der Waals surface area contributed by atoms with Gasteiger partial charge in [-0.1, -0.05) is 6.92 Å². The molecule has 1 aliphatic carbocycles. The number of nitrogens with zero attached hydrogens (tertiary/aromatic N) is 4. The fourth-order valence-electron chi connectivity index (χ4n) is 4.86. The number of amides is 1. The molecule has 1 saturated heterocycles. The number of carbonyl (C=O) groups is 1. The molecule has 1 N–H and O–H groups in total. The molecule has 2 aliphatic heterocycles. The zero-order valence-electron chi connectivity index (χ0n) is 18.0. The maximum Gasteiger partial charge on any atom is 0.255 e.